The lowest BCUT2D eigenvalue weighted by Crippen LogP contribution is -2.43. The predicted molar refractivity (Wildman–Crippen MR) is 156 cm³/mol. The normalized spacial score (nSPS) is 11.2. The van der Waals surface area contributed by atoms with Gasteiger partial charge in [0.2, 0.25) is 5.91 Å². The zero-order valence-electron chi connectivity index (χ0n) is 23.3. The molecule has 0 spiro atoms. The third-order valence-electron chi connectivity index (χ3n) is 6.82. The number of nitriles is 1. The molecule has 0 saturated carbocycles. The SMILES string of the molecule is COC(=O)[C@H](Cc1ccc(OCc2cccc(-c3ccccc3)c2C)c(OC)c1)NC(=O)Cc1cccc(C#N)c1. The molecule has 7 heteroatoms. The number of carbonyl (C=O) groups excluding carboxylic acids is 2. The third kappa shape index (κ3) is 7.52. The number of nitrogens with one attached hydrogen (secondary N) is 1. The van der Waals surface area contributed by atoms with E-state index in [1.165, 1.54) is 7.11 Å². The van der Waals surface area contributed by atoms with E-state index < -0.39 is 12.0 Å². The number of benzene rings is 4. The van der Waals surface area contributed by atoms with Gasteiger partial charge in [-0.25, -0.2) is 4.79 Å². The molecule has 0 aliphatic heterocycles. The molecule has 4 rings (SSSR count). The van der Waals surface area contributed by atoms with Gasteiger partial charge in [-0.05, 0) is 64.6 Å². The van der Waals surface area contributed by atoms with Crippen molar-refractivity contribution in [1.29, 1.82) is 5.26 Å². The highest BCUT2D eigenvalue weighted by Crippen LogP contribution is 2.31. The highest BCUT2D eigenvalue weighted by atomic mass is 16.5. The first-order valence-electron chi connectivity index (χ1n) is 13.2. The Hall–Kier alpha value is -5.09. The maximum absolute atomic E-state index is 12.7. The number of carbonyl (C=O) groups is 2. The molecule has 1 amide bonds. The number of rotatable bonds is 11. The fourth-order valence-corrected chi connectivity index (χ4v) is 4.64. The van der Waals surface area contributed by atoms with Crippen molar-refractivity contribution in [2.75, 3.05) is 14.2 Å². The minimum Gasteiger partial charge on any atom is -0.493 e. The highest BCUT2D eigenvalue weighted by Gasteiger charge is 2.23. The Labute approximate surface area is 240 Å². The van der Waals surface area contributed by atoms with Crippen molar-refractivity contribution < 1.29 is 23.8 Å². The lowest BCUT2D eigenvalue weighted by atomic mass is 9.97. The summed E-state index contributed by atoms with van der Waals surface area (Å²) in [7, 11) is 2.84. The maximum Gasteiger partial charge on any atom is 0.328 e. The first kappa shape index (κ1) is 28.9. The van der Waals surface area contributed by atoms with E-state index >= 15 is 0 Å². The van der Waals surface area contributed by atoms with Crippen LogP contribution in [0.3, 0.4) is 0 Å². The van der Waals surface area contributed by atoms with Crippen LogP contribution in [-0.2, 0) is 33.8 Å². The van der Waals surface area contributed by atoms with E-state index in [0.29, 0.717) is 29.2 Å². The zero-order valence-corrected chi connectivity index (χ0v) is 23.3. The molecule has 1 N–H and O–H groups in total. The second kappa shape index (κ2) is 13.8. The van der Waals surface area contributed by atoms with Gasteiger partial charge in [0.05, 0.1) is 32.3 Å². The van der Waals surface area contributed by atoms with Gasteiger partial charge in [-0.2, -0.15) is 5.26 Å². The minimum atomic E-state index is -0.897. The molecule has 0 radical (unpaired) electrons. The minimum absolute atomic E-state index is 0.0317. The van der Waals surface area contributed by atoms with Crippen molar-refractivity contribution in [3.63, 3.8) is 0 Å². The van der Waals surface area contributed by atoms with E-state index in [0.717, 1.165) is 27.8 Å². The molecule has 4 aromatic carbocycles. The number of esters is 1. The van der Waals surface area contributed by atoms with Crippen molar-refractivity contribution in [3.05, 3.63) is 119 Å². The standard InChI is InChI=1S/C34H32N2O5/c1-23-28(13-8-14-29(23)27-11-5-4-6-12-27)22-41-31-16-15-25(19-32(31)39-2)18-30(34(38)40-3)36-33(37)20-24-9-7-10-26(17-24)21-35/h4-17,19,30H,18,20,22H2,1-3H3,(H,36,37)/t30-/m0/s1. The summed E-state index contributed by atoms with van der Waals surface area (Å²) in [5, 5.41) is 11.9. The zero-order chi connectivity index (χ0) is 29.2. The summed E-state index contributed by atoms with van der Waals surface area (Å²) in [6.45, 7) is 2.44. The molecule has 0 bridgehead atoms. The molecule has 0 unspecified atom stereocenters. The van der Waals surface area contributed by atoms with Crippen LogP contribution in [0.2, 0.25) is 0 Å². The summed E-state index contributed by atoms with van der Waals surface area (Å²) in [6, 6.07) is 29.8. The van der Waals surface area contributed by atoms with Gasteiger partial charge in [-0.15, -0.1) is 0 Å². The first-order valence-corrected chi connectivity index (χ1v) is 13.2. The lowest BCUT2D eigenvalue weighted by Gasteiger charge is -2.18. The van der Waals surface area contributed by atoms with E-state index in [-0.39, 0.29) is 18.7 Å². The van der Waals surface area contributed by atoms with Gasteiger partial charge in [0.25, 0.3) is 0 Å². The van der Waals surface area contributed by atoms with Crippen molar-refractivity contribution >= 4 is 11.9 Å². The molecule has 41 heavy (non-hydrogen) atoms. The van der Waals surface area contributed by atoms with Gasteiger partial charge in [-0.1, -0.05) is 66.7 Å². The van der Waals surface area contributed by atoms with Gasteiger partial charge < -0.3 is 19.5 Å². The van der Waals surface area contributed by atoms with Crippen LogP contribution in [0.25, 0.3) is 11.1 Å². The quantitative estimate of drug-likeness (QED) is 0.246. The number of hydrogen-bond donors (Lipinski definition) is 1. The van der Waals surface area contributed by atoms with Gasteiger partial charge in [0, 0.05) is 6.42 Å². The summed E-state index contributed by atoms with van der Waals surface area (Å²) in [6.07, 6.45) is 0.232. The Kier molecular flexibility index (Phi) is 9.74. The van der Waals surface area contributed by atoms with Gasteiger partial charge >= 0.3 is 5.97 Å². The summed E-state index contributed by atoms with van der Waals surface area (Å²) < 4.78 is 16.7. The topological polar surface area (TPSA) is 97.7 Å². The molecule has 0 saturated heterocycles. The Morgan fingerprint density at radius 2 is 1.66 bits per heavy atom. The molecule has 1 atom stereocenters. The average Bonchev–Trinajstić information content (AvgIpc) is 3.00. The molecule has 0 fully saturated rings. The fraction of sp³-hybridized carbons (Fsp3) is 0.206. The second-order valence-electron chi connectivity index (χ2n) is 9.57. The third-order valence-corrected chi connectivity index (χ3v) is 6.82. The number of methoxy groups -OCH3 is 2. The molecule has 0 aliphatic carbocycles. The number of nitrogens with zero attached hydrogens (tertiary/aromatic N) is 1. The van der Waals surface area contributed by atoms with E-state index in [2.05, 4.69) is 36.5 Å². The smallest absolute Gasteiger partial charge is 0.328 e. The van der Waals surface area contributed by atoms with E-state index in [9.17, 15) is 9.59 Å². The molecule has 7 nitrogen and oxygen atoms in total. The molecule has 208 valence electrons. The molecule has 0 heterocycles. The molecular formula is C34H32N2O5. The average molecular weight is 549 g/mol. The molecular weight excluding hydrogens is 516 g/mol. The van der Waals surface area contributed by atoms with Crippen LogP contribution in [0.5, 0.6) is 11.5 Å². The van der Waals surface area contributed by atoms with Crippen molar-refractivity contribution in [3.8, 4) is 28.7 Å². The second-order valence-corrected chi connectivity index (χ2v) is 9.57. The largest absolute Gasteiger partial charge is 0.493 e. The van der Waals surface area contributed by atoms with E-state index in [1.54, 1.807) is 43.5 Å². The summed E-state index contributed by atoms with van der Waals surface area (Å²) >= 11 is 0. The summed E-state index contributed by atoms with van der Waals surface area (Å²) in [4.78, 5) is 25.2. The fourth-order valence-electron chi connectivity index (χ4n) is 4.64. The van der Waals surface area contributed by atoms with Gasteiger partial charge in [0.15, 0.2) is 11.5 Å². The lowest BCUT2D eigenvalue weighted by molar-refractivity contribution is -0.145. The van der Waals surface area contributed by atoms with Crippen molar-refractivity contribution in [2.24, 2.45) is 0 Å². The van der Waals surface area contributed by atoms with Crippen LogP contribution < -0.4 is 14.8 Å². The first-order chi connectivity index (χ1) is 19.9. The number of hydrogen-bond acceptors (Lipinski definition) is 6. The van der Waals surface area contributed by atoms with E-state index in [4.69, 9.17) is 19.5 Å². The monoisotopic (exact) mass is 548 g/mol. The van der Waals surface area contributed by atoms with Crippen LogP contribution in [0.1, 0.15) is 27.8 Å². The van der Waals surface area contributed by atoms with Crippen molar-refractivity contribution in [2.45, 2.75) is 32.4 Å². The van der Waals surface area contributed by atoms with E-state index in [1.807, 2.05) is 36.4 Å². The van der Waals surface area contributed by atoms with Gasteiger partial charge in [0.1, 0.15) is 12.6 Å². The summed E-state index contributed by atoms with van der Waals surface area (Å²) in [5.41, 5.74) is 6.42. The Morgan fingerprint density at radius 3 is 2.39 bits per heavy atom. The van der Waals surface area contributed by atoms with Gasteiger partial charge in [-0.3, -0.25) is 4.79 Å². The highest BCUT2D eigenvalue weighted by molar-refractivity contribution is 5.86. The number of amides is 1. The van der Waals surface area contributed by atoms with Crippen LogP contribution >= 0.6 is 0 Å². The van der Waals surface area contributed by atoms with Crippen molar-refractivity contribution in [1.82, 2.24) is 5.32 Å². The molecule has 0 aromatic heterocycles. The Bertz CT molecular complexity index is 1560. The van der Waals surface area contributed by atoms with Crippen LogP contribution in [0.15, 0.2) is 91.0 Å². The molecule has 4 aromatic rings. The Balaban J connectivity index is 1.45. The Morgan fingerprint density at radius 1 is 0.878 bits per heavy atom. The molecule has 0 aliphatic rings. The van der Waals surface area contributed by atoms with Crippen LogP contribution in [0.4, 0.5) is 0 Å². The summed E-state index contributed by atoms with van der Waals surface area (Å²) in [5.74, 6) is 0.173. The number of ether oxygens (including phenoxy) is 3. The van der Waals surface area contributed by atoms with Crippen LogP contribution in [-0.4, -0.2) is 32.1 Å². The van der Waals surface area contributed by atoms with Crippen LogP contribution in [0, 0.1) is 18.3 Å². The maximum atomic E-state index is 12.7. The predicted octanol–water partition coefficient (Wildman–Crippen LogP) is 5.56.